The largest absolute Gasteiger partial charge is 0.355 e. The van der Waals surface area contributed by atoms with Crippen LogP contribution in [0, 0.1) is 11.3 Å². The lowest BCUT2D eigenvalue weighted by atomic mass is 10.0. The molecule has 0 bridgehead atoms. The highest BCUT2D eigenvalue weighted by atomic mass is 79.9. The molecule has 7 heteroatoms. The third-order valence-corrected chi connectivity index (χ3v) is 5.73. The van der Waals surface area contributed by atoms with Crippen LogP contribution in [-0.2, 0) is 0 Å². The minimum Gasteiger partial charge on any atom is -0.355 e. The predicted octanol–water partition coefficient (Wildman–Crippen LogP) is 3.69. The van der Waals surface area contributed by atoms with E-state index in [-0.39, 0.29) is 0 Å². The van der Waals surface area contributed by atoms with Gasteiger partial charge in [0.1, 0.15) is 17.8 Å². The van der Waals surface area contributed by atoms with Crippen LogP contribution in [0.2, 0.25) is 0 Å². The first-order valence-electron chi connectivity index (χ1n) is 8.91. The summed E-state index contributed by atoms with van der Waals surface area (Å²) >= 11 is 3.53. The molecule has 1 saturated heterocycles. The van der Waals surface area contributed by atoms with E-state index in [1.54, 1.807) is 6.33 Å². The number of benzene rings is 1. The summed E-state index contributed by atoms with van der Waals surface area (Å²) in [5.74, 6) is 0.968. The number of aromatic nitrogens is 3. The Labute approximate surface area is 161 Å². The first kappa shape index (κ1) is 17.3. The number of H-pyrrole nitrogens is 1. The Balaban J connectivity index is 1.69. The second-order valence-corrected chi connectivity index (χ2v) is 7.77. The van der Waals surface area contributed by atoms with Crippen molar-refractivity contribution in [3.05, 3.63) is 29.0 Å². The number of hydrogen-bond acceptors (Lipinski definition) is 5. The van der Waals surface area contributed by atoms with Gasteiger partial charge in [-0.15, -0.1) is 0 Å². The number of nitrogens with one attached hydrogen (secondary N) is 1. The fourth-order valence-electron chi connectivity index (χ4n) is 3.88. The van der Waals surface area contributed by atoms with Gasteiger partial charge >= 0.3 is 0 Å². The fourth-order valence-corrected chi connectivity index (χ4v) is 4.24. The molecular weight excluding hydrogens is 392 g/mol. The van der Waals surface area contributed by atoms with Crippen LogP contribution in [0.4, 0.5) is 5.82 Å². The summed E-state index contributed by atoms with van der Waals surface area (Å²) in [7, 11) is 2.12. The molecular formula is C19H21BrN6. The van der Waals surface area contributed by atoms with Gasteiger partial charge in [0.25, 0.3) is 0 Å². The molecule has 26 heavy (non-hydrogen) atoms. The summed E-state index contributed by atoms with van der Waals surface area (Å²) in [6.45, 7) is 2.89. The quantitative estimate of drug-likeness (QED) is 0.707. The van der Waals surface area contributed by atoms with Crippen LogP contribution in [0.15, 0.2) is 29.0 Å². The molecule has 6 nitrogen and oxygen atoms in total. The van der Waals surface area contributed by atoms with Gasteiger partial charge in [-0.25, -0.2) is 9.97 Å². The third-order valence-electron chi connectivity index (χ3n) is 5.23. The first-order valence-corrected chi connectivity index (χ1v) is 9.70. The van der Waals surface area contributed by atoms with Crippen LogP contribution >= 0.6 is 15.9 Å². The summed E-state index contributed by atoms with van der Waals surface area (Å²) in [6.07, 6.45) is 4.51. The fraction of sp³-hybridized carbons (Fsp3) is 0.421. The number of aromatic amines is 1. The summed E-state index contributed by atoms with van der Waals surface area (Å²) in [5.41, 5.74) is 1.93. The van der Waals surface area contributed by atoms with Crippen molar-refractivity contribution in [2.24, 2.45) is 0 Å². The lowest BCUT2D eigenvalue weighted by Gasteiger charge is -2.38. The second kappa shape index (κ2) is 7.22. The number of anilines is 1. The van der Waals surface area contributed by atoms with E-state index in [1.165, 1.54) is 0 Å². The van der Waals surface area contributed by atoms with Crippen molar-refractivity contribution >= 4 is 43.7 Å². The van der Waals surface area contributed by atoms with E-state index >= 15 is 0 Å². The molecule has 0 spiro atoms. The highest BCUT2D eigenvalue weighted by Gasteiger charge is 2.25. The molecule has 1 N–H and O–H groups in total. The predicted molar refractivity (Wildman–Crippen MR) is 107 cm³/mol. The van der Waals surface area contributed by atoms with Gasteiger partial charge in [-0.3, -0.25) is 0 Å². The zero-order valence-corrected chi connectivity index (χ0v) is 16.3. The molecule has 0 saturated carbocycles. The number of likely N-dealkylation sites (N-methyl/N-ethyl adjacent to an activating group) is 1. The van der Waals surface area contributed by atoms with Crippen molar-refractivity contribution in [1.82, 2.24) is 19.9 Å². The second-order valence-electron chi connectivity index (χ2n) is 6.85. The Bertz CT molecular complexity index is 975. The molecule has 2 aromatic heterocycles. The monoisotopic (exact) mass is 412 g/mol. The topological polar surface area (TPSA) is 71.8 Å². The van der Waals surface area contributed by atoms with Gasteiger partial charge in [-0.2, -0.15) is 5.26 Å². The Kier molecular flexibility index (Phi) is 4.79. The van der Waals surface area contributed by atoms with Crippen molar-refractivity contribution in [3.8, 4) is 6.07 Å². The van der Waals surface area contributed by atoms with E-state index in [4.69, 9.17) is 5.26 Å². The maximum absolute atomic E-state index is 8.85. The summed E-state index contributed by atoms with van der Waals surface area (Å²) in [4.78, 5) is 17.1. The number of nitriles is 1. The molecule has 1 aromatic carbocycles. The van der Waals surface area contributed by atoms with Crippen LogP contribution < -0.4 is 4.90 Å². The zero-order chi connectivity index (χ0) is 18.1. The van der Waals surface area contributed by atoms with Crippen molar-refractivity contribution < 1.29 is 0 Å². The Morgan fingerprint density at radius 3 is 3.15 bits per heavy atom. The smallest absolute Gasteiger partial charge is 0.143 e. The van der Waals surface area contributed by atoms with Gasteiger partial charge < -0.3 is 14.8 Å². The molecule has 3 heterocycles. The molecule has 1 atom stereocenters. The number of hydrogen-bond donors (Lipinski definition) is 1. The average Bonchev–Trinajstić information content (AvgIpc) is 3.03. The van der Waals surface area contributed by atoms with Crippen molar-refractivity contribution in [1.29, 1.82) is 5.26 Å². The Morgan fingerprint density at radius 2 is 2.31 bits per heavy atom. The molecule has 0 unspecified atom stereocenters. The van der Waals surface area contributed by atoms with E-state index < -0.39 is 0 Å². The van der Waals surface area contributed by atoms with Gasteiger partial charge in [0, 0.05) is 48.0 Å². The maximum Gasteiger partial charge on any atom is 0.143 e. The molecule has 4 rings (SSSR count). The summed E-state index contributed by atoms with van der Waals surface area (Å²) < 4.78 is 1.04. The number of halogens is 1. The zero-order valence-electron chi connectivity index (χ0n) is 14.7. The number of rotatable bonds is 4. The minimum atomic E-state index is 0.390. The van der Waals surface area contributed by atoms with Crippen LogP contribution in [0.1, 0.15) is 19.3 Å². The van der Waals surface area contributed by atoms with Crippen LogP contribution in [0.3, 0.4) is 0 Å². The number of fused-ring (bicyclic) bond motifs is 3. The van der Waals surface area contributed by atoms with E-state index in [2.05, 4.69) is 72.0 Å². The van der Waals surface area contributed by atoms with E-state index in [0.717, 1.165) is 64.7 Å². The van der Waals surface area contributed by atoms with E-state index in [1.807, 2.05) is 0 Å². The molecule has 1 aliphatic heterocycles. The standard InChI is InChI=1S/C19H21BrN6/c1-25(14-4-2-8-26(11-14)9-3-7-21)19-17-15-6-5-13(20)10-16(15)24-18(17)22-12-23-19/h5-6,10,12,14H,2-4,8-9,11H2,1H3,(H,22,23,24)/t14-/m0/s1. The normalized spacial score (nSPS) is 18.3. The lowest BCUT2D eigenvalue weighted by Crippen LogP contribution is -2.47. The van der Waals surface area contributed by atoms with Crippen molar-refractivity contribution in [3.63, 3.8) is 0 Å². The summed E-state index contributed by atoms with van der Waals surface area (Å²) in [5, 5.41) is 11.1. The van der Waals surface area contributed by atoms with Gasteiger partial charge in [-0.05, 0) is 31.5 Å². The van der Waals surface area contributed by atoms with Crippen LogP contribution in [0.25, 0.3) is 21.9 Å². The molecule has 134 valence electrons. The molecule has 1 fully saturated rings. The highest BCUT2D eigenvalue weighted by Crippen LogP contribution is 2.33. The van der Waals surface area contributed by atoms with Gasteiger partial charge in [0.15, 0.2) is 0 Å². The molecule has 0 aliphatic carbocycles. The minimum absolute atomic E-state index is 0.390. The van der Waals surface area contributed by atoms with Crippen molar-refractivity contribution in [2.45, 2.75) is 25.3 Å². The van der Waals surface area contributed by atoms with Crippen LogP contribution in [-0.4, -0.2) is 52.6 Å². The molecule has 1 aliphatic rings. The average molecular weight is 413 g/mol. The molecule has 3 aromatic rings. The lowest BCUT2D eigenvalue weighted by molar-refractivity contribution is 0.210. The SMILES string of the molecule is CN(c1ncnc2[nH]c3cc(Br)ccc3c12)[C@H]1CCCN(CCC#N)C1. The molecule has 0 amide bonds. The van der Waals surface area contributed by atoms with Gasteiger partial charge in [-0.1, -0.05) is 22.0 Å². The Hall–Kier alpha value is -2.17. The third kappa shape index (κ3) is 3.15. The van der Waals surface area contributed by atoms with Gasteiger partial charge in [0.05, 0.1) is 11.5 Å². The Morgan fingerprint density at radius 1 is 1.42 bits per heavy atom. The van der Waals surface area contributed by atoms with Crippen molar-refractivity contribution in [2.75, 3.05) is 31.6 Å². The maximum atomic E-state index is 8.85. The van der Waals surface area contributed by atoms with E-state index in [0.29, 0.717) is 12.5 Å². The first-order chi connectivity index (χ1) is 12.7. The molecule has 0 radical (unpaired) electrons. The number of likely N-dealkylation sites (tertiary alicyclic amines) is 1. The highest BCUT2D eigenvalue weighted by molar-refractivity contribution is 9.10. The number of piperidine rings is 1. The van der Waals surface area contributed by atoms with E-state index in [9.17, 15) is 0 Å². The van der Waals surface area contributed by atoms with Crippen LogP contribution in [0.5, 0.6) is 0 Å². The summed E-state index contributed by atoms with van der Waals surface area (Å²) in [6, 6.07) is 8.88. The van der Waals surface area contributed by atoms with Gasteiger partial charge in [0.2, 0.25) is 0 Å². The number of nitrogens with zero attached hydrogens (tertiary/aromatic N) is 5.